The number of nitrogens with one attached hydrogen (secondary N) is 2. The van der Waals surface area contributed by atoms with E-state index in [9.17, 15) is 9.59 Å². The Labute approximate surface area is 144 Å². The summed E-state index contributed by atoms with van der Waals surface area (Å²) in [5.41, 5.74) is 3.19. The van der Waals surface area contributed by atoms with E-state index < -0.39 is 11.8 Å². The van der Waals surface area contributed by atoms with E-state index in [1.54, 1.807) is 48.5 Å². The van der Waals surface area contributed by atoms with Gasteiger partial charge in [-0.3, -0.25) is 9.59 Å². The number of anilines is 1. The van der Waals surface area contributed by atoms with Crippen molar-refractivity contribution in [3.63, 3.8) is 0 Å². The minimum atomic E-state index is -0.899. The molecule has 124 valence electrons. The molecule has 6 nitrogen and oxygen atoms in total. The van der Waals surface area contributed by atoms with Crippen molar-refractivity contribution in [3.05, 3.63) is 59.1 Å². The summed E-state index contributed by atoms with van der Waals surface area (Å²) >= 11 is 5.96. The van der Waals surface area contributed by atoms with Gasteiger partial charge in [-0.05, 0) is 25.1 Å². The molecule has 0 saturated heterocycles. The smallest absolute Gasteiger partial charge is 0.329 e. The second-order valence-corrected chi connectivity index (χ2v) is 5.01. The Morgan fingerprint density at radius 1 is 1.12 bits per heavy atom. The van der Waals surface area contributed by atoms with E-state index in [1.807, 2.05) is 6.92 Å². The van der Waals surface area contributed by atoms with E-state index in [2.05, 4.69) is 15.8 Å². The lowest BCUT2D eigenvalue weighted by atomic mass is 10.2. The van der Waals surface area contributed by atoms with Crippen molar-refractivity contribution in [3.8, 4) is 5.75 Å². The topological polar surface area (TPSA) is 79.8 Å². The van der Waals surface area contributed by atoms with Gasteiger partial charge in [-0.1, -0.05) is 41.9 Å². The average molecular weight is 346 g/mol. The molecule has 2 rings (SSSR count). The fourth-order valence-corrected chi connectivity index (χ4v) is 2.01. The van der Waals surface area contributed by atoms with Crippen LogP contribution in [0.3, 0.4) is 0 Å². The highest BCUT2D eigenvalue weighted by molar-refractivity contribution is 6.39. The zero-order valence-corrected chi connectivity index (χ0v) is 13.7. The van der Waals surface area contributed by atoms with Crippen LogP contribution >= 0.6 is 11.6 Å². The zero-order chi connectivity index (χ0) is 17.4. The van der Waals surface area contributed by atoms with Crippen LogP contribution in [0.15, 0.2) is 53.6 Å². The highest BCUT2D eigenvalue weighted by atomic mass is 35.5. The van der Waals surface area contributed by atoms with Crippen molar-refractivity contribution < 1.29 is 14.3 Å². The Hall–Kier alpha value is -2.86. The van der Waals surface area contributed by atoms with Crippen molar-refractivity contribution in [2.45, 2.75) is 6.92 Å². The number of para-hydroxylation sites is 2. The molecule has 0 heterocycles. The monoisotopic (exact) mass is 345 g/mol. The number of hydrogen-bond donors (Lipinski definition) is 2. The highest BCUT2D eigenvalue weighted by Gasteiger charge is 2.15. The molecule has 2 amide bonds. The number of nitrogens with zero attached hydrogens (tertiary/aromatic N) is 1. The normalized spacial score (nSPS) is 10.4. The molecular weight excluding hydrogens is 330 g/mol. The SMILES string of the molecule is CCOc1ccccc1NC(=O)C(=O)N/N=C/c1ccccc1Cl. The second-order valence-electron chi connectivity index (χ2n) is 4.60. The third kappa shape index (κ3) is 4.82. The Kier molecular flexibility index (Phi) is 6.33. The van der Waals surface area contributed by atoms with Crippen LogP contribution in [0.2, 0.25) is 5.02 Å². The lowest BCUT2D eigenvalue weighted by Crippen LogP contribution is -2.32. The molecule has 0 bridgehead atoms. The van der Waals surface area contributed by atoms with Crippen molar-refractivity contribution in [1.29, 1.82) is 0 Å². The van der Waals surface area contributed by atoms with Gasteiger partial charge in [0.05, 0.1) is 18.5 Å². The first kappa shape index (κ1) is 17.5. The lowest BCUT2D eigenvalue weighted by Gasteiger charge is -2.10. The number of hydrogen-bond acceptors (Lipinski definition) is 4. The molecule has 0 aromatic heterocycles. The van der Waals surface area contributed by atoms with Gasteiger partial charge in [0.2, 0.25) is 0 Å². The van der Waals surface area contributed by atoms with Crippen molar-refractivity contribution in [2.24, 2.45) is 5.10 Å². The molecule has 0 saturated carbocycles. The lowest BCUT2D eigenvalue weighted by molar-refractivity contribution is -0.136. The van der Waals surface area contributed by atoms with Crippen LogP contribution in [0, 0.1) is 0 Å². The van der Waals surface area contributed by atoms with Crippen LogP contribution in [-0.2, 0) is 9.59 Å². The van der Waals surface area contributed by atoms with Gasteiger partial charge in [0.15, 0.2) is 0 Å². The van der Waals surface area contributed by atoms with Gasteiger partial charge in [0.1, 0.15) is 5.75 Å². The highest BCUT2D eigenvalue weighted by Crippen LogP contribution is 2.23. The van der Waals surface area contributed by atoms with Crippen LogP contribution in [0.4, 0.5) is 5.69 Å². The summed E-state index contributed by atoms with van der Waals surface area (Å²) in [5, 5.41) is 6.69. The van der Waals surface area contributed by atoms with Crippen molar-refractivity contribution >= 4 is 35.3 Å². The largest absolute Gasteiger partial charge is 0.492 e. The Morgan fingerprint density at radius 2 is 1.83 bits per heavy atom. The Morgan fingerprint density at radius 3 is 2.58 bits per heavy atom. The standard InChI is InChI=1S/C17H16ClN3O3/c1-2-24-15-10-6-5-9-14(15)20-16(22)17(23)21-19-11-12-7-3-4-8-13(12)18/h3-11H,2H2,1H3,(H,20,22)(H,21,23)/b19-11+. The fraction of sp³-hybridized carbons (Fsp3) is 0.118. The van der Waals surface area contributed by atoms with Crippen LogP contribution < -0.4 is 15.5 Å². The number of carbonyl (C=O) groups is 2. The van der Waals surface area contributed by atoms with E-state index in [0.717, 1.165) is 0 Å². The average Bonchev–Trinajstić information content (AvgIpc) is 2.58. The summed E-state index contributed by atoms with van der Waals surface area (Å²) < 4.78 is 5.38. The minimum absolute atomic E-state index is 0.412. The summed E-state index contributed by atoms with van der Waals surface area (Å²) in [6, 6.07) is 13.8. The number of carbonyl (C=O) groups excluding carboxylic acids is 2. The van der Waals surface area contributed by atoms with Gasteiger partial charge < -0.3 is 10.1 Å². The van der Waals surface area contributed by atoms with E-state index >= 15 is 0 Å². The van der Waals surface area contributed by atoms with Gasteiger partial charge in [-0.25, -0.2) is 5.43 Å². The summed E-state index contributed by atoms with van der Waals surface area (Å²) in [6.07, 6.45) is 1.36. The number of benzene rings is 2. The predicted octanol–water partition coefficient (Wildman–Crippen LogP) is 2.83. The molecule has 0 fully saturated rings. The zero-order valence-electron chi connectivity index (χ0n) is 13.0. The van der Waals surface area contributed by atoms with Gasteiger partial charge in [0.25, 0.3) is 0 Å². The maximum atomic E-state index is 11.9. The third-order valence-corrected chi connectivity index (χ3v) is 3.26. The molecule has 2 N–H and O–H groups in total. The summed E-state index contributed by atoms with van der Waals surface area (Å²) in [7, 11) is 0. The van der Waals surface area contributed by atoms with Gasteiger partial charge in [-0.15, -0.1) is 0 Å². The molecule has 24 heavy (non-hydrogen) atoms. The summed E-state index contributed by atoms with van der Waals surface area (Å²) in [4.78, 5) is 23.7. The molecule has 0 unspecified atom stereocenters. The molecule has 0 aliphatic rings. The molecule has 2 aromatic rings. The first-order valence-electron chi connectivity index (χ1n) is 7.22. The molecule has 0 atom stereocenters. The maximum Gasteiger partial charge on any atom is 0.329 e. The molecule has 0 aliphatic carbocycles. The molecule has 0 aliphatic heterocycles. The van der Waals surface area contributed by atoms with E-state index in [4.69, 9.17) is 16.3 Å². The predicted molar refractivity (Wildman–Crippen MR) is 93.4 cm³/mol. The van der Waals surface area contributed by atoms with E-state index in [0.29, 0.717) is 28.6 Å². The van der Waals surface area contributed by atoms with Gasteiger partial charge in [-0.2, -0.15) is 5.10 Å². The van der Waals surface area contributed by atoms with Crippen LogP contribution in [0.25, 0.3) is 0 Å². The first-order chi connectivity index (χ1) is 11.6. The number of amides is 2. The Bertz CT molecular complexity index is 762. The van der Waals surface area contributed by atoms with Crippen molar-refractivity contribution in [2.75, 3.05) is 11.9 Å². The molecule has 0 radical (unpaired) electrons. The number of hydrazone groups is 1. The van der Waals surface area contributed by atoms with Crippen LogP contribution in [-0.4, -0.2) is 24.6 Å². The summed E-state index contributed by atoms with van der Waals surface area (Å²) in [6.45, 7) is 2.27. The Balaban J connectivity index is 1.96. The minimum Gasteiger partial charge on any atom is -0.492 e. The quantitative estimate of drug-likeness (QED) is 0.497. The van der Waals surface area contributed by atoms with Gasteiger partial charge >= 0.3 is 11.8 Å². The first-order valence-corrected chi connectivity index (χ1v) is 7.60. The van der Waals surface area contributed by atoms with Crippen molar-refractivity contribution in [1.82, 2.24) is 5.43 Å². The molecule has 2 aromatic carbocycles. The van der Waals surface area contributed by atoms with Gasteiger partial charge in [0, 0.05) is 10.6 Å². The van der Waals surface area contributed by atoms with Crippen LogP contribution in [0.5, 0.6) is 5.75 Å². The number of halogens is 1. The van der Waals surface area contributed by atoms with Crippen LogP contribution in [0.1, 0.15) is 12.5 Å². The third-order valence-electron chi connectivity index (χ3n) is 2.92. The second kappa shape index (κ2) is 8.69. The van der Waals surface area contributed by atoms with E-state index in [1.165, 1.54) is 6.21 Å². The number of rotatable bonds is 5. The number of ether oxygens (including phenoxy) is 1. The molecular formula is C17H16ClN3O3. The maximum absolute atomic E-state index is 11.9. The molecule has 0 spiro atoms. The fourth-order valence-electron chi connectivity index (χ4n) is 1.82. The summed E-state index contributed by atoms with van der Waals surface area (Å²) in [5.74, 6) is -1.26. The molecule has 7 heteroatoms. The van der Waals surface area contributed by atoms with E-state index in [-0.39, 0.29) is 0 Å².